The summed E-state index contributed by atoms with van der Waals surface area (Å²) < 4.78 is 0. The summed E-state index contributed by atoms with van der Waals surface area (Å²) >= 11 is 0. The number of nitrogens with zero attached hydrogens (tertiary/aromatic N) is 2. The molecule has 2 N–H and O–H groups in total. The Hall–Kier alpha value is -2.89. The summed E-state index contributed by atoms with van der Waals surface area (Å²) in [5.74, 6) is 0.674. The molecule has 0 atom stereocenters. The Labute approximate surface area is 135 Å². The molecule has 23 heavy (non-hydrogen) atoms. The van der Waals surface area contributed by atoms with Gasteiger partial charge in [-0.3, -0.25) is 15.1 Å². The first-order valence-electron chi connectivity index (χ1n) is 7.41. The fourth-order valence-corrected chi connectivity index (χ4v) is 2.16. The van der Waals surface area contributed by atoms with Crippen molar-refractivity contribution in [1.82, 2.24) is 10.6 Å². The van der Waals surface area contributed by atoms with Gasteiger partial charge in [-0.05, 0) is 17.5 Å². The average molecular weight is 312 g/mol. The second-order valence-electron chi connectivity index (χ2n) is 5.02. The zero-order valence-corrected chi connectivity index (χ0v) is 13.0. The molecule has 0 heterocycles. The van der Waals surface area contributed by atoms with E-state index < -0.39 is 4.92 Å². The van der Waals surface area contributed by atoms with Crippen LogP contribution in [0.3, 0.4) is 0 Å². The minimum absolute atomic E-state index is 0.0938. The molecule has 120 valence electrons. The van der Waals surface area contributed by atoms with Gasteiger partial charge in [-0.25, -0.2) is 0 Å². The van der Waals surface area contributed by atoms with E-state index in [1.54, 1.807) is 19.2 Å². The van der Waals surface area contributed by atoms with E-state index in [4.69, 9.17) is 0 Å². The highest BCUT2D eigenvalue weighted by atomic mass is 16.6. The summed E-state index contributed by atoms with van der Waals surface area (Å²) in [6, 6.07) is 16.8. The third kappa shape index (κ3) is 5.43. The van der Waals surface area contributed by atoms with E-state index in [0.29, 0.717) is 12.5 Å². The van der Waals surface area contributed by atoms with Gasteiger partial charge >= 0.3 is 0 Å². The first-order chi connectivity index (χ1) is 11.2. The van der Waals surface area contributed by atoms with Crippen molar-refractivity contribution in [2.24, 2.45) is 4.99 Å². The van der Waals surface area contributed by atoms with Crippen LogP contribution in [0.2, 0.25) is 0 Å². The van der Waals surface area contributed by atoms with Crippen molar-refractivity contribution in [1.29, 1.82) is 0 Å². The van der Waals surface area contributed by atoms with Crippen molar-refractivity contribution in [3.8, 4) is 0 Å². The molecular weight excluding hydrogens is 292 g/mol. The largest absolute Gasteiger partial charge is 0.356 e. The molecule has 2 aromatic rings. The van der Waals surface area contributed by atoms with Crippen molar-refractivity contribution in [3.63, 3.8) is 0 Å². The molecule has 0 saturated carbocycles. The molecule has 0 aliphatic heterocycles. The molecule has 0 aliphatic carbocycles. The quantitative estimate of drug-likeness (QED) is 0.372. The van der Waals surface area contributed by atoms with Gasteiger partial charge in [0.05, 0.1) is 4.92 Å². The fourth-order valence-electron chi connectivity index (χ4n) is 2.16. The smallest absolute Gasteiger partial charge is 0.269 e. The van der Waals surface area contributed by atoms with E-state index in [2.05, 4.69) is 27.8 Å². The van der Waals surface area contributed by atoms with Gasteiger partial charge in [0.25, 0.3) is 5.69 Å². The SMILES string of the molecule is CN=C(NCCc1ccccc1)NCc1cccc([N+](=O)[O-])c1. The number of hydrogen-bond donors (Lipinski definition) is 2. The van der Waals surface area contributed by atoms with Crippen LogP contribution in [0.1, 0.15) is 11.1 Å². The molecule has 0 fully saturated rings. The molecule has 0 aliphatic rings. The normalized spacial score (nSPS) is 11.1. The molecule has 2 aromatic carbocycles. The van der Waals surface area contributed by atoms with Crippen molar-refractivity contribution in [2.45, 2.75) is 13.0 Å². The Bertz CT molecular complexity index is 671. The number of nitro groups is 1. The molecule has 0 aromatic heterocycles. The number of rotatable bonds is 6. The lowest BCUT2D eigenvalue weighted by atomic mass is 10.1. The zero-order chi connectivity index (χ0) is 16.5. The first kappa shape index (κ1) is 16.5. The predicted octanol–water partition coefficient (Wildman–Crippen LogP) is 2.50. The Balaban J connectivity index is 1.81. The summed E-state index contributed by atoms with van der Waals surface area (Å²) in [4.78, 5) is 14.5. The number of nitrogens with one attached hydrogen (secondary N) is 2. The van der Waals surface area contributed by atoms with Crippen molar-refractivity contribution in [3.05, 3.63) is 75.8 Å². The summed E-state index contributed by atoms with van der Waals surface area (Å²) in [5, 5.41) is 17.2. The third-order valence-electron chi connectivity index (χ3n) is 3.35. The van der Waals surface area contributed by atoms with Gasteiger partial charge in [0, 0.05) is 32.3 Å². The van der Waals surface area contributed by atoms with E-state index in [1.165, 1.54) is 11.6 Å². The van der Waals surface area contributed by atoms with Gasteiger partial charge in [-0.1, -0.05) is 42.5 Å². The van der Waals surface area contributed by atoms with Crippen LogP contribution in [0.25, 0.3) is 0 Å². The van der Waals surface area contributed by atoms with Crippen LogP contribution in [0, 0.1) is 10.1 Å². The number of non-ortho nitro benzene ring substituents is 1. The van der Waals surface area contributed by atoms with Gasteiger partial charge in [-0.15, -0.1) is 0 Å². The monoisotopic (exact) mass is 312 g/mol. The fraction of sp³-hybridized carbons (Fsp3) is 0.235. The average Bonchev–Trinajstić information content (AvgIpc) is 2.59. The molecule has 0 saturated heterocycles. The predicted molar refractivity (Wildman–Crippen MR) is 91.4 cm³/mol. The number of nitro benzene ring substituents is 1. The minimum Gasteiger partial charge on any atom is -0.356 e. The Kier molecular flexibility index (Phi) is 6.11. The van der Waals surface area contributed by atoms with Crippen LogP contribution in [0.15, 0.2) is 59.6 Å². The third-order valence-corrected chi connectivity index (χ3v) is 3.35. The highest BCUT2D eigenvalue weighted by molar-refractivity contribution is 5.79. The van der Waals surface area contributed by atoms with Crippen LogP contribution >= 0.6 is 0 Å². The van der Waals surface area contributed by atoms with E-state index in [1.807, 2.05) is 24.3 Å². The molecular formula is C17H20N4O2. The second kappa shape index (κ2) is 8.53. The zero-order valence-electron chi connectivity index (χ0n) is 13.0. The van der Waals surface area contributed by atoms with Crippen molar-refractivity contribution in [2.75, 3.05) is 13.6 Å². The number of hydrogen-bond acceptors (Lipinski definition) is 3. The lowest BCUT2D eigenvalue weighted by Gasteiger charge is -2.12. The number of benzene rings is 2. The maximum absolute atomic E-state index is 10.8. The first-order valence-corrected chi connectivity index (χ1v) is 7.41. The van der Waals surface area contributed by atoms with Crippen LogP contribution in [0.4, 0.5) is 5.69 Å². The summed E-state index contributed by atoms with van der Waals surface area (Å²) in [5.41, 5.74) is 2.19. The topological polar surface area (TPSA) is 79.6 Å². The van der Waals surface area contributed by atoms with Gasteiger partial charge in [0.15, 0.2) is 5.96 Å². The second-order valence-corrected chi connectivity index (χ2v) is 5.02. The van der Waals surface area contributed by atoms with E-state index >= 15 is 0 Å². The van der Waals surface area contributed by atoms with Crippen LogP contribution in [0.5, 0.6) is 0 Å². The van der Waals surface area contributed by atoms with Crippen LogP contribution < -0.4 is 10.6 Å². The van der Waals surface area contributed by atoms with Gasteiger partial charge in [0.1, 0.15) is 0 Å². The highest BCUT2D eigenvalue weighted by Gasteiger charge is 2.06. The van der Waals surface area contributed by atoms with Crippen molar-refractivity contribution < 1.29 is 4.92 Å². The molecule has 0 amide bonds. The summed E-state index contributed by atoms with van der Waals surface area (Å²) in [7, 11) is 1.70. The Morgan fingerprint density at radius 3 is 2.52 bits per heavy atom. The maximum Gasteiger partial charge on any atom is 0.269 e. The number of guanidine groups is 1. The van der Waals surface area contributed by atoms with Crippen LogP contribution in [-0.4, -0.2) is 24.5 Å². The Morgan fingerprint density at radius 2 is 1.83 bits per heavy atom. The van der Waals surface area contributed by atoms with Gasteiger partial charge in [-0.2, -0.15) is 0 Å². The van der Waals surface area contributed by atoms with Gasteiger partial charge in [0.2, 0.25) is 0 Å². The molecule has 0 radical (unpaired) electrons. The van der Waals surface area contributed by atoms with Crippen molar-refractivity contribution >= 4 is 11.6 Å². The molecule has 2 rings (SSSR count). The molecule has 0 spiro atoms. The highest BCUT2D eigenvalue weighted by Crippen LogP contribution is 2.12. The van der Waals surface area contributed by atoms with Crippen LogP contribution in [-0.2, 0) is 13.0 Å². The molecule has 0 unspecified atom stereocenters. The van der Waals surface area contributed by atoms with E-state index in [0.717, 1.165) is 18.5 Å². The minimum atomic E-state index is -0.392. The van der Waals surface area contributed by atoms with E-state index in [-0.39, 0.29) is 5.69 Å². The Morgan fingerprint density at radius 1 is 1.09 bits per heavy atom. The standard InChI is InChI=1S/C17H20N4O2/c1-18-17(19-11-10-14-6-3-2-4-7-14)20-13-15-8-5-9-16(12-15)21(22)23/h2-9,12H,10-11,13H2,1H3,(H2,18,19,20). The van der Waals surface area contributed by atoms with Gasteiger partial charge < -0.3 is 10.6 Å². The maximum atomic E-state index is 10.8. The summed E-state index contributed by atoms with van der Waals surface area (Å²) in [6.45, 7) is 1.24. The lowest BCUT2D eigenvalue weighted by molar-refractivity contribution is -0.384. The molecule has 0 bridgehead atoms. The van der Waals surface area contributed by atoms with E-state index in [9.17, 15) is 10.1 Å². The molecule has 6 heteroatoms. The molecule has 6 nitrogen and oxygen atoms in total. The number of aliphatic imine (C=N–C) groups is 1. The summed E-state index contributed by atoms with van der Waals surface area (Å²) in [6.07, 6.45) is 0.901. The lowest BCUT2D eigenvalue weighted by Crippen LogP contribution is -2.37.